The van der Waals surface area contributed by atoms with Crippen LogP contribution in [0.25, 0.3) is 21.0 Å². The monoisotopic (exact) mass is 1430 g/mol. The number of anilines is 2. The Morgan fingerprint density at radius 2 is 1.42 bits per heavy atom. The summed E-state index contributed by atoms with van der Waals surface area (Å²) in [5.41, 5.74) is 9.89. The average Bonchev–Trinajstić information content (AvgIpc) is 1.58. The van der Waals surface area contributed by atoms with Gasteiger partial charge in [-0.15, -0.1) is 22.9 Å². The van der Waals surface area contributed by atoms with Gasteiger partial charge in [-0.2, -0.15) is 0 Å². The highest BCUT2D eigenvalue weighted by Crippen LogP contribution is 2.49. The van der Waals surface area contributed by atoms with Crippen LogP contribution >= 0.6 is 22.9 Å². The standard InChI is InChI=1S/C69H91ClN12O17S/c1-44(2)62(77-57(84)19-28-93-31-33-95-35-36-96-34-32-94-29-21-72-56(83)18-24-81-58(85)16-17-59(81)86)65(88)76-52(9-8-20-73-67(71)90)64(87)74-49-12-10-46(11-13-49)42-98-68(91)78(4)25-26-79(5)69(92)99-55-39-54-61(60-45(3)43-100-63(55)60)48(40-70)41-82(54)66(89)53-38-47-37-50(14-15-51(47)75-53)97-30-27-80-22-6-7-23-80/h10-17,37-39,43-44,48,52,62,75H,6-9,18-36,40-42H2,1-5H3,(H,72,83)(H,74,87)(H,76,88)(H,77,84)(H3,71,73,90)/t48-,52+,62+/m1/s1. The van der Waals surface area contributed by atoms with Gasteiger partial charge < -0.3 is 85.2 Å². The van der Waals surface area contributed by atoms with Crippen molar-refractivity contribution in [1.29, 1.82) is 0 Å². The predicted octanol–water partition coefficient (Wildman–Crippen LogP) is 5.75. The van der Waals surface area contributed by atoms with E-state index in [2.05, 4.69) is 36.5 Å². The van der Waals surface area contributed by atoms with Crippen LogP contribution in [0.5, 0.6) is 11.5 Å². The third-order valence-corrected chi connectivity index (χ3v) is 18.4. The van der Waals surface area contributed by atoms with Gasteiger partial charge in [0.05, 0.1) is 63.2 Å². The number of nitrogens with one attached hydrogen (secondary N) is 6. The number of carbonyl (C=O) groups excluding carboxylic acids is 10. The highest BCUT2D eigenvalue weighted by molar-refractivity contribution is 7.17. The molecule has 0 unspecified atom stereocenters. The first kappa shape index (κ1) is 76.8. The number of thiophene rings is 1. The number of ether oxygens (including phenoxy) is 7. The number of urea groups is 1. The number of carbonyl (C=O) groups is 10. The fraction of sp³-hybridized carbons (Fsp3) is 0.507. The number of hydrogen-bond acceptors (Lipinski definition) is 19. The first-order valence-electron chi connectivity index (χ1n) is 33.5. The molecule has 31 heteroatoms. The summed E-state index contributed by atoms with van der Waals surface area (Å²) in [5, 5.41) is 17.2. The minimum absolute atomic E-state index is 0.00454. The number of rotatable bonds is 40. The molecule has 0 radical (unpaired) electrons. The van der Waals surface area contributed by atoms with Crippen LogP contribution in [0.3, 0.4) is 0 Å². The lowest BCUT2D eigenvalue weighted by atomic mass is 9.97. The summed E-state index contributed by atoms with van der Waals surface area (Å²) in [4.78, 5) is 140. The fourth-order valence-electron chi connectivity index (χ4n) is 11.4. The van der Waals surface area contributed by atoms with Gasteiger partial charge in [0.2, 0.25) is 23.6 Å². The number of aryl methyl sites for hydroxylation is 1. The smallest absolute Gasteiger partial charge is 0.415 e. The lowest BCUT2D eigenvalue weighted by Crippen LogP contribution is -2.54. The van der Waals surface area contributed by atoms with Crippen LogP contribution < -0.4 is 46.7 Å². The maximum Gasteiger partial charge on any atom is 0.415 e. The number of halogens is 1. The van der Waals surface area contributed by atoms with E-state index in [-0.39, 0.29) is 133 Å². The fourth-order valence-corrected chi connectivity index (χ4v) is 12.6. The summed E-state index contributed by atoms with van der Waals surface area (Å²) in [6.45, 7) is 11.8. The van der Waals surface area contributed by atoms with Crippen molar-refractivity contribution >= 4 is 115 Å². The van der Waals surface area contributed by atoms with Crippen LogP contribution in [0, 0.1) is 12.8 Å². The van der Waals surface area contributed by atoms with Gasteiger partial charge in [0.25, 0.3) is 17.7 Å². The second-order valence-electron chi connectivity index (χ2n) is 24.7. The zero-order valence-electron chi connectivity index (χ0n) is 57.2. The second-order valence-corrected chi connectivity index (χ2v) is 25.9. The molecule has 1 fully saturated rings. The van der Waals surface area contributed by atoms with E-state index in [0.717, 1.165) is 62.4 Å². The number of aromatic nitrogens is 1. The van der Waals surface area contributed by atoms with Crippen molar-refractivity contribution in [3.05, 3.63) is 94.5 Å². The van der Waals surface area contributed by atoms with Crippen LogP contribution in [-0.2, 0) is 59.1 Å². The lowest BCUT2D eigenvalue weighted by Gasteiger charge is -2.25. The Kier molecular flexibility index (Phi) is 29.7. The van der Waals surface area contributed by atoms with Gasteiger partial charge in [0.15, 0.2) is 5.75 Å². The van der Waals surface area contributed by atoms with Gasteiger partial charge >= 0.3 is 18.2 Å². The molecule has 542 valence electrons. The molecule has 2 aromatic heterocycles. The van der Waals surface area contributed by atoms with Gasteiger partial charge in [-0.1, -0.05) is 26.0 Å². The zero-order valence-corrected chi connectivity index (χ0v) is 58.7. The molecule has 3 aliphatic heterocycles. The highest BCUT2D eigenvalue weighted by Gasteiger charge is 2.38. The molecule has 3 aromatic carbocycles. The van der Waals surface area contributed by atoms with E-state index in [1.54, 1.807) is 56.1 Å². The van der Waals surface area contributed by atoms with Crippen molar-refractivity contribution in [1.82, 2.24) is 45.9 Å². The van der Waals surface area contributed by atoms with E-state index in [1.807, 2.05) is 36.6 Å². The van der Waals surface area contributed by atoms with Gasteiger partial charge in [-0.3, -0.25) is 43.4 Å². The number of aromatic amines is 1. The Morgan fingerprint density at radius 1 is 0.750 bits per heavy atom. The number of hydrogen-bond donors (Lipinski definition) is 7. The van der Waals surface area contributed by atoms with E-state index in [9.17, 15) is 47.9 Å². The molecule has 5 heterocycles. The van der Waals surface area contributed by atoms with Crippen LogP contribution in [-0.4, -0.2) is 235 Å². The molecule has 8 N–H and O–H groups in total. The number of benzene rings is 3. The van der Waals surface area contributed by atoms with Crippen molar-refractivity contribution in [2.45, 2.75) is 83.9 Å². The Hall–Kier alpha value is -8.91. The summed E-state index contributed by atoms with van der Waals surface area (Å²) < 4.78 is 40.5. The Balaban J connectivity index is 0.728. The zero-order chi connectivity index (χ0) is 71.7. The first-order chi connectivity index (χ1) is 48.2. The molecule has 29 nitrogen and oxygen atoms in total. The number of nitrogens with two attached hydrogens (primary N) is 1. The Labute approximate surface area is 589 Å². The summed E-state index contributed by atoms with van der Waals surface area (Å²) >= 11 is 8.05. The molecule has 3 aliphatic rings. The molecular weight excluding hydrogens is 1340 g/mol. The number of nitrogens with zero attached hydrogens (tertiary/aromatic N) is 5. The molecule has 8 rings (SSSR count). The topological polar surface area (TPSA) is 353 Å². The number of primary amides is 1. The lowest BCUT2D eigenvalue weighted by molar-refractivity contribution is -0.137. The first-order valence-corrected chi connectivity index (χ1v) is 34.9. The van der Waals surface area contributed by atoms with Crippen LogP contribution in [0.4, 0.5) is 25.8 Å². The number of likely N-dealkylation sites (tertiary alicyclic amines) is 1. The normalized spacial score (nSPS) is 14.9. The van der Waals surface area contributed by atoms with Crippen LogP contribution in [0.15, 0.2) is 72.1 Å². The number of H-pyrrole nitrogens is 1. The maximum absolute atomic E-state index is 14.5. The van der Waals surface area contributed by atoms with Gasteiger partial charge in [-0.05, 0) is 110 Å². The molecule has 5 aromatic rings. The Bertz CT molecular complexity index is 3670. The molecule has 100 heavy (non-hydrogen) atoms. The van der Waals surface area contributed by atoms with Crippen molar-refractivity contribution < 1.29 is 81.1 Å². The molecular formula is C69H91ClN12O17S. The second kappa shape index (κ2) is 38.6. The highest BCUT2D eigenvalue weighted by atomic mass is 35.5. The number of amides is 11. The van der Waals surface area contributed by atoms with E-state index in [0.29, 0.717) is 55.6 Å². The number of fused-ring (bicyclic) bond motifs is 4. The van der Waals surface area contributed by atoms with Gasteiger partial charge in [-0.25, -0.2) is 14.4 Å². The summed E-state index contributed by atoms with van der Waals surface area (Å²) in [6, 6.07) is 13.0. The molecule has 0 spiro atoms. The molecule has 11 amide bonds. The van der Waals surface area contributed by atoms with E-state index in [1.165, 1.54) is 53.2 Å². The van der Waals surface area contributed by atoms with E-state index < -0.39 is 59.8 Å². The van der Waals surface area contributed by atoms with E-state index >= 15 is 0 Å². The van der Waals surface area contributed by atoms with Crippen LogP contribution in [0.1, 0.15) is 85.5 Å². The quantitative estimate of drug-likeness (QED) is 0.0139. The minimum atomic E-state index is -1.10. The third-order valence-electron chi connectivity index (χ3n) is 16.9. The average molecular weight is 1430 g/mol. The molecule has 0 saturated carbocycles. The molecule has 0 bridgehead atoms. The van der Waals surface area contributed by atoms with Gasteiger partial charge in [0, 0.05) is 125 Å². The number of imide groups is 1. The largest absolute Gasteiger partial charge is 0.492 e. The van der Waals surface area contributed by atoms with E-state index in [4.69, 9.17) is 50.5 Å². The number of alkyl halides is 1. The van der Waals surface area contributed by atoms with Crippen LogP contribution in [0.2, 0.25) is 0 Å². The number of likely N-dealkylation sites (N-methyl/N-ethyl adjacent to an activating group) is 2. The van der Waals surface area contributed by atoms with Crippen molar-refractivity contribution in [3.8, 4) is 11.5 Å². The molecule has 0 aliphatic carbocycles. The molecule has 1 saturated heterocycles. The molecule has 3 atom stereocenters. The third kappa shape index (κ3) is 22.6. The summed E-state index contributed by atoms with van der Waals surface area (Å²) in [5.74, 6) is -2.33. The van der Waals surface area contributed by atoms with Gasteiger partial charge in [0.1, 0.15) is 36.7 Å². The van der Waals surface area contributed by atoms with Crippen molar-refractivity contribution in [2.75, 3.05) is 149 Å². The van der Waals surface area contributed by atoms with Crippen molar-refractivity contribution in [3.63, 3.8) is 0 Å². The minimum Gasteiger partial charge on any atom is -0.492 e. The predicted molar refractivity (Wildman–Crippen MR) is 375 cm³/mol. The SMILES string of the molecule is Cc1csc2c(OC(=O)N(C)CCN(C)C(=O)OCc3ccc(NC(=O)[C@H](CCCNC(N)=O)NC(=O)[C@@H](NC(=O)CCOCCOCCOCCOCCNC(=O)CCN4C(=O)C=CC4=O)C(C)C)cc3)cc3c(c12)[C@H](CCl)CN3C(=O)c1cc2cc(OCCN3CCCC3)ccc2[nH]1. The van der Waals surface area contributed by atoms with Crippen molar-refractivity contribution in [2.24, 2.45) is 11.7 Å². The summed E-state index contributed by atoms with van der Waals surface area (Å²) in [7, 11) is 3.09. The maximum atomic E-state index is 14.5. The Morgan fingerprint density at radius 3 is 2.09 bits per heavy atom. The summed E-state index contributed by atoms with van der Waals surface area (Å²) in [6.07, 6.45) is 3.72.